The number of nitrogens with one attached hydrogen (secondary N) is 1. The van der Waals surface area contributed by atoms with Crippen LogP contribution in [0.4, 0.5) is 0 Å². The van der Waals surface area contributed by atoms with E-state index in [4.69, 9.17) is 39.6 Å². The molecular formula is C28H54N2O2S2. The van der Waals surface area contributed by atoms with Gasteiger partial charge in [0.2, 0.25) is 0 Å². The van der Waals surface area contributed by atoms with E-state index in [0.29, 0.717) is 18.4 Å². The van der Waals surface area contributed by atoms with Gasteiger partial charge in [0.1, 0.15) is 0 Å². The molecule has 6 heteroatoms. The number of hydrogen-bond donors (Lipinski definition) is 2. The molecule has 0 amide bonds. The summed E-state index contributed by atoms with van der Waals surface area (Å²) in [6.07, 6.45) is 17.7. The molecule has 1 rings (SSSR count). The van der Waals surface area contributed by atoms with Crippen molar-refractivity contribution < 1.29 is 9.47 Å². The summed E-state index contributed by atoms with van der Waals surface area (Å²) < 4.78 is 12.2. The van der Waals surface area contributed by atoms with Crippen LogP contribution in [0.3, 0.4) is 0 Å². The number of ether oxygens (including phenoxy) is 2. The summed E-state index contributed by atoms with van der Waals surface area (Å²) in [4.78, 5) is 0. The van der Waals surface area contributed by atoms with Gasteiger partial charge in [-0.2, -0.15) is 0 Å². The normalized spacial score (nSPS) is 23.8. The molecule has 1 saturated carbocycles. The first-order valence-electron chi connectivity index (χ1n) is 13.9. The molecule has 0 bridgehead atoms. The molecule has 200 valence electrons. The Bertz CT molecular complexity index is 587. The van der Waals surface area contributed by atoms with Crippen LogP contribution in [0.15, 0.2) is 0 Å². The van der Waals surface area contributed by atoms with E-state index in [9.17, 15) is 0 Å². The minimum Gasteiger partial charge on any atom is -0.471 e. The molecule has 0 aromatic carbocycles. The van der Waals surface area contributed by atoms with Crippen LogP contribution in [0.25, 0.3) is 0 Å². The van der Waals surface area contributed by atoms with Crippen molar-refractivity contribution in [2.75, 3.05) is 13.2 Å². The van der Waals surface area contributed by atoms with Gasteiger partial charge in [-0.1, -0.05) is 111 Å². The Morgan fingerprint density at radius 3 is 2.00 bits per heavy atom. The number of unbranched alkanes of at least 4 members (excludes halogenated alkanes) is 10. The number of nitrogens with two attached hydrogens (primary N) is 1. The predicted molar refractivity (Wildman–Crippen MR) is 154 cm³/mol. The lowest BCUT2D eigenvalue weighted by Crippen LogP contribution is -2.62. The summed E-state index contributed by atoms with van der Waals surface area (Å²) in [6.45, 7) is 12.7. The second-order valence-electron chi connectivity index (χ2n) is 11.6. The lowest BCUT2D eigenvalue weighted by molar-refractivity contribution is -0.111. The zero-order valence-corrected chi connectivity index (χ0v) is 24.5. The quantitative estimate of drug-likeness (QED) is 0.110. The molecule has 0 spiro atoms. The summed E-state index contributed by atoms with van der Waals surface area (Å²) in [7, 11) is 0. The van der Waals surface area contributed by atoms with Gasteiger partial charge in [0.05, 0.1) is 6.61 Å². The van der Waals surface area contributed by atoms with Gasteiger partial charge in [0.25, 0.3) is 5.17 Å². The van der Waals surface area contributed by atoms with Crippen molar-refractivity contribution >= 4 is 35.0 Å². The van der Waals surface area contributed by atoms with E-state index in [2.05, 4.69) is 39.9 Å². The van der Waals surface area contributed by atoms with Gasteiger partial charge in [-0.05, 0) is 49.7 Å². The highest BCUT2D eigenvalue weighted by Gasteiger charge is 2.52. The minimum atomic E-state index is -0.926. The molecular weight excluding hydrogens is 460 g/mol. The standard InChI is InChI=1S/C28H54N2O2S2/c1-6-8-10-12-14-16-18-31-25(34)30-24-20-26(3,4)22-27(5,21-24)28(29,23-33)32-19-17-15-13-11-9-7-2/h23-24H,6-22,29H2,1-5H3,(H,30,34). The first kappa shape index (κ1) is 31.7. The molecule has 3 unspecified atom stereocenters. The Balaban J connectivity index is 2.57. The molecule has 0 heterocycles. The number of rotatable bonds is 18. The first-order valence-corrected chi connectivity index (χ1v) is 14.8. The Labute approximate surface area is 221 Å². The van der Waals surface area contributed by atoms with Crippen LogP contribution in [0.5, 0.6) is 0 Å². The van der Waals surface area contributed by atoms with Crippen molar-refractivity contribution in [3.05, 3.63) is 0 Å². The van der Waals surface area contributed by atoms with Crippen molar-refractivity contribution in [2.45, 2.75) is 143 Å². The van der Waals surface area contributed by atoms with Crippen LogP contribution in [0.1, 0.15) is 131 Å². The molecule has 3 N–H and O–H groups in total. The average molecular weight is 515 g/mol. The number of hydrogen-bond acceptors (Lipinski definition) is 5. The van der Waals surface area contributed by atoms with Crippen molar-refractivity contribution in [3.63, 3.8) is 0 Å². The van der Waals surface area contributed by atoms with E-state index in [1.54, 1.807) is 5.37 Å². The topological polar surface area (TPSA) is 56.5 Å². The highest BCUT2D eigenvalue weighted by Crippen LogP contribution is 2.51. The fourth-order valence-corrected chi connectivity index (χ4v) is 6.22. The fraction of sp³-hybridized carbons (Fsp3) is 0.929. The third kappa shape index (κ3) is 11.6. The van der Waals surface area contributed by atoms with Gasteiger partial charge in [0.15, 0.2) is 5.72 Å². The number of thiocarbonyl (C=S) groups is 2. The highest BCUT2D eigenvalue weighted by molar-refractivity contribution is 7.80. The average Bonchev–Trinajstić information content (AvgIpc) is 2.76. The lowest BCUT2D eigenvalue weighted by Gasteiger charge is -2.53. The maximum Gasteiger partial charge on any atom is 0.256 e. The third-order valence-electron chi connectivity index (χ3n) is 7.37. The van der Waals surface area contributed by atoms with Crippen LogP contribution in [0.2, 0.25) is 0 Å². The van der Waals surface area contributed by atoms with Crippen molar-refractivity contribution in [1.82, 2.24) is 5.32 Å². The van der Waals surface area contributed by atoms with E-state index in [1.807, 2.05) is 0 Å². The van der Waals surface area contributed by atoms with Crippen LogP contribution >= 0.6 is 24.4 Å². The van der Waals surface area contributed by atoms with Crippen LogP contribution < -0.4 is 11.1 Å². The van der Waals surface area contributed by atoms with Crippen molar-refractivity contribution in [1.29, 1.82) is 0 Å². The summed E-state index contributed by atoms with van der Waals surface area (Å²) in [5, 5.41) is 5.66. The SMILES string of the molecule is CCCCCCCCOC(=S)NC1CC(C)(C)CC(C)(C(N)(C=S)OCCCCCCCC)C1. The molecule has 0 aromatic heterocycles. The van der Waals surface area contributed by atoms with E-state index in [-0.39, 0.29) is 16.9 Å². The van der Waals surface area contributed by atoms with Gasteiger partial charge in [-0.15, -0.1) is 0 Å². The first-order chi connectivity index (χ1) is 16.1. The molecule has 1 fully saturated rings. The van der Waals surface area contributed by atoms with Gasteiger partial charge in [0, 0.05) is 23.4 Å². The van der Waals surface area contributed by atoms with Crippen molar-refractivity contribution in [3.8, 4) is 0 Å². The van der Waals surface area contributed by atoms with E-state index < -0.39 is 5.72 Å². The van der Waals surface area contributed by atoms with Crippen LogP contribution in [0, 0.1) is 10.8 Å². The molecule has 1 aliphatic rings. The third-order valence-corrected chi connectivity index (χ3v) is 7.96. The Morgan fingerprint density at radius 2 is 1.44 bits per heavy atom. The molecule has 0 aromatic rings. The summed E-state index contributed by atoms with van der Waals surface area (Å²) in [6, 6.07) is 0.196. The monoisotopic (exact) mass is 514 g/mol. The molecule has 0 saturated heterocycles. The summed E-state index contributed by atoms with van der Waals surface area (Å²) in [5.41, 5.74) is 5.76. The predicted octanol–water partition coefficient (Wildman–Crippen LogP) is 7.85. The van der Waals surface area contributed by atoms with Crippen molar-refractivity contribution in [2.24, 2.45) is 16.6 Å². The zero-order valence-electron chi connectivity index (χ0n) is 22.9. The smallest absolute Gasteiger partial charge is 0.256 e. The van der Waals surface area contributed by atoms with E-state index in [0.717, 1.165) is 32.1 Å². The summed E-state index contributed by atoms with van der Waals surface area (Å²) in [5.74, 6) is 0. The fourth-order valence-electron chi connectivity index (χ4n) is 5.61. The summed E-state index contributed by atoms with van der Waals surface area (Å²) >= 11 is 11.0. The highest BCUT2D eigenvalue weighted by atomic mass is 32.1. The second-order valence-corrected chi connectivity index (χ2v) is 12.2. The Kier molecular flexibility index (Phi) is 15.3. The molecule has 1 aliphatic carbocycles. The van der Waals surface area contributed by atoms with Gasteiger partial charge < -0.3 is 14.8 Å². The van der Waals surface area contributed by atoms with E-state index >= 15 is 0 Å². The van der Waals surface area contributed by atoms with Gasteiger partial charge in [-0.3, -0.25) is 5.73 Å². The zero-order chi connectivity index (χ0) is 25.5. The molecule has 34 heavy (non-hydrogen) atoms. The maximum absolute atomic E-state index is 6.86. The van der Waals surface area contributed by atoms with Crippen LogP contribution in [-0.2, 0) is 9.47 Å². The van der Waals surface area contributed by atoms with Gasteiger partial charge >= 0.3 is 0 Å². The molecule has 3 atom stereocenters. The lowest BCUT2D eigenvalue weighted by atomic mass is 9.59. The molecule has 0 radical (unpaired) electrons. The minimum absolute atomic E-state index is 0.103. The van der Waals surface area contributed by atoms with Crippen LogP contribution in [-0.4, -0.2) is 35.5 Å². The molecule has 0 aliphatic heterocycles. The largest absolute Gasteiger partial charge is 0.471 e. The van der Waals surface area contributed by atoms with Gasteiger partial charge in [-0.25, -0.2) is 0 Å². The molecule has 4 nitrogen and oxygen atoms in total. The Morgan fingerprint density at radius 1 is 0.912 bits per heavy atom. The van der Waals surface area contributed by atoms with E-state index in [1.165, 1.54) is 64.2 Å². The Hall–Kier alpha value is -0.300. The second kappa shape index (κ2) is 16.4. The maximum atomic E-state index is 6.86.